The predicted molar refractivity (Wildman–Crippen MR) is 109 cm³/mol. The molecule has 0 aliphatic carbocycles. The molecule has 0 unspecified atom stereocenters. The summed E-state index contributed by atoms with van der Waals surface area (Å²) in [7, 11) is 1.41. The van der Waals surface area contributed by atoms with Crippen molar-refractivity contribution in [3.8, 4) is 11.5 Å². The minimum absolute atomic E-state index is 0.0873. The van der Waals surface area contributed by atoms with Crippen molar-refractivity contribution >= 4 is 50.5 Å². The number of hydrogen-bond acceptors (Lipinski definition) is 6. The Morgan fingerprint density at radius 2 is 2.04 bits per heavy atom. The van der Waals surface area contributed by atoms with E-state index >= 15 is 0 Å². The maximum Gasteiger partial charge on any atom is 0.296 e. The van der Waals surface area contributed by atoms with Crippen LogP contribution in [0.3, 0.4) is 0 Å². The maximum atomic E-state index is 12.5. The third kappa shape index (κ3) is 5.38. The van der Waals surface area contributed by atoms with Crippen LogP contribution >= 0.6 is 28.1 Å². The van der Waals surface area contributed by atoms with Gasteiger partial charge in [0.15, 0.2) is 5.11 Å². The van der Waals surface area contributed by atoms with Crippen molar-refractivity contribution in [1.82, 2.24) is 5.32 Å². The number of anilines is 1. The topological polar surface area (TPSA) is 103 Å². The SMILES string of the molecule is CCOc1ccc(Br)cc1C(=O)NC(=S)Nc1ccc(OC)cc1[N+](=O)[O-]. The van der Waals surface area contributed by atoms with E-state index < -0.39 is 10.8 Å². The molecule has 8 nitrogen and oxygen atoms in total. The Morgan fingerprint density at radius 1 is 1.30 bits per heavy atom. The van der Waals surface area contributed by atoms with Gasteiger partial charge in [-0.3, -0.25) is 20.2 Å². The molecule has 10 heteroatoms. The summed E-state index contributed by atoms with van der Waals surface area (Å²) in [5.41, 5.74) is 0.174. The second-order valence-corrected chi connectivity index (χ2v) is 6.45. The molecule has 1 amide bonds. The smallest absolute Gasteiger partial charge is 0.296 e. The van der Waals surface area contributed by atoms with Crippen LogP contribution in [-0.2, 0) is 0 Å². The van der Waals surface area contributed by atoms with E-state index in [0.29, 0.717) is 22.6 Å². The van der Waals surface area contributed by atoms with Gasteiger partial charge < -0.3 is 14.8 Å². The standard InChI is InChI=1S/C17H16BrN3O5S/c1-3-26-15-7-4-10(18)8-12(15)16(22)20-17(27)19-13-6-5-11(25-2)9-14(13)21(23)24/h4-9H,3H2,1-2H3,(H2,19,20,22,27). The number of nitrogens with one attached hydrogen (secondary N) is 2. The number of amides is 1. The lowest BCUT2D eigenvalue weighted by atomic mass is 10.2. The van der Waals surface area contributed by atoms with E-state index in [1.807, 2.05) is 0 Å². The highest BCUT2D eigenvalue weighted by atomic mass is 79.9. The van der Waals surface area contributed by atoms with Crippen LogP contribution in [0.2, 0.25) is 0 Å². The van der Waals surface area contributed by atoms with Gasteiger partial charge in [0.25, 0.3) is 11.6 Å². The van der Waals surface area contributed by atoms with Crippen molar-refractivity contribution in [2.45, 2.75) is 6.92 Å². The normalized spacial score (nSPS) is 10.0. The van der Waals surface area contributed by atoms with E-state index in [1.165, 1.54) is 19.2 Å². The van der Waals surface area contributed by atoms with Gasteiger partial charge in [0.2, 0.25) is 0 Å². The van der Waals surface area contributed by atoms with Gasteiger partial charge in [-0.2, -0.15) is 0 Å². The van der Waals surface area contributed by atoms with E-state index in [0.717, 1.165) is 0 Å². The van der Waals surface area contributed by atoms with Gasteiger partial charge in [-0.1, -0.05) is 15.9 Å². The maximum absolute atomic E-state index is 12.5. The molecule has 27 heavy (non-hydrogen) atoms. The lowest BCUT2D eigenvalue weighted by Crippen LogP contribution is -2.34. The molecule has 0 aliphatic heterocycles. The average molecular weight is 454 g/mol. The number of nitro groups is 1. The zero-order valence-electron chi connectivity index (χ0n) is 14.4. The molecular weight excluding hydrogens is 438 g/mol. The number of nitro benzene ring substituents is 1. The van der Waals surface area contributed by atoms with E-state index in [1.54, 1.807) is 31.2 Å². The first-order chi connectivity index (χ1) is 12.8. The number of hydrogen-bond donors (Lipinski definition) is 2. The molecule has 2 aromatic carbocycles. The second-order valence-electron chi connectivity index (χ2n) is 5.12. The monoisotopic (exact) mass is 453 g/mol. The van der Waals surface area contributed by atoms with Crippen molar-refractivity contribution < 1.29 is 19.2 Å². The number of methoxy groups -OCH3 is 1. The summed E-state index contributed by atoms with van der Waals surface area (Å²) in [5.74, 6) is 0.225. The minimum atomic E-state index is -0.573. The highest BCUT2D eigenvalue weighted by Gasteiger charge is 2.18. The molecular formula is C17H16BrN3O5S. The molecule has 0 aliphatic rings. The Hall–Kier alpha value is -2.72. The van der Waals surface area contributed by atoms with Crippen LogP contribution in [0.4, 0.5) is 11.4 Å². The van der Waals surface area contributed by atoms with Crippen molar-refractivity contribution in [3.63, 3.8) is 0 Å². The third-order valence-corrected chi connectivity index (χ3v) is 4.06. The largest absolute Gasteiger partial charge is 0.496 e. The van der Waals surface area contributed by atoms with Gasteiger partial charge in [-0.25, -0.2) is 0 Å². The van der Waals surface area contributed by atoms with Gasteiger partial charge in [0, 0.05) is 4.47 Å². The number of carbonyl (C=O) groups is 1. The molecule has 0 saturated heterocycles. The van der Waals surface area contributed by atoms with Gasteiger partial charge in [-0.05, 0) is 49.5 Å². The van der Waals surface area contributed by atoms with Crippen molar-refractivity contribution in [2.24, 2.45) is 0 Å². The molecule has 0 heterocycles. The molecule has 0 spiro atoms. The van der Waals surface area contributed by atoms with Crippen molar-refractivity contribution in [2.75, 3.05) is 19.0 Å². The van der Waals surface area contributed by atoms with Crippen LogP contribution in [-0.4, -0.2) is 29.7 Å². The second kappa shape index (κ2) is 9.28. The summed E-state index contributed by atoms with van der Waals surface area (Å²) in [5, 5.41) is 16.3. The molecule has 0 aromatic heterocycles. The Labute approximate surface area is 169 Å². The highest BCUT2D eigenvalue weighted by molar-refractivity contribution is 9.10. The van der Waals surface area contributed by atoms with Gasteiger partial charge in [0.05, 0.1) is 30.3 Å². The minimum Gasteiger partial charge on any atom is -0.496 e. The van der Waals surface area contributed by atoms with Crippen LogP contribution < -0.4 is 20.1 Å². The van der Waals surface area contributed by atoms with Crippen LogP contribution in [0.5, 0.6) is 11.5 Å². The Morgan fingerprint density at radius 3 is 2.67 bits per heavy atom. The summed E-state index contributed by atoms with van der Waals surface area (Å²) >= 11 is 8.41. The quantitative estimate of drug-likeness (QED) is 0.388. The van der Waals surface area contributed by atoms with E-state index in [9.17, 15) is 14.9 Å². The zero-order valence-corrected chi connectivity index (χ0v) is 16.8. The number of ether oxygens (including phenoxy) is 2. The van der Waals surface area contributed by atoms with Crippen LogP contribution in [0.25, 0.3) is 0 Å². The summed E-state index contributed by atoms with van der Waals surface area (Å²) in [4.78, 5) is 23.2. The number of benzene rings is 2. The third-order valence-electron chi connectivity index (χ3n) is 3.36. The van der Waals surface area contributed by atoms with E-state index in [-0.39, 0.29) is 22.1 Å². The number of rotatable bonds is 6. The molecule has 0 atom stereocenters. The number of nitrogens with zero attached hydrogens (tertiary/aromatic N) is 1. The lowest BCUT2D eigenvalue weighted by Gasteiger charge is -2.13. The van der Waals surface area contributed by atoms with E-state index in [4.69, 9.17) is 21.7 Å². The zero-order chi connectivity index (χ0) is 20.0. The summed E-state index contributed by atoms with van der Waals surface area (Å²) in [6, 6.07) is 9.25. The van der Waals surface area contributed by atoms with Crippen LogP contribution in [0.15, 0.2) is 40.9 Å². The first-order valence-electron chi connectivity index (χ1n) is 7.72. The molecule has 0 fully saturated rings. The fourth-order valence-electron chi connectivity index (χ4n) is 2.18. The summed E-state index contributed by atoms with van der Waals surface area (Å²) < 4.78 is 11.1. The summed E-state index contributed by atoms with van der Waals surface area (Å²) in [6.07, 6.45) is 0. The fraction of sp³-hybridized carbons (Fsp3) is 0.176. The number of halogens is 1. The fourth-order valence-corrected chi connectivity index (χ4v) is 2.74. The molecule has 142 valence electrons. The van der Waals surface area contributed by atoms with Crippen LogP contribution in [0.1, 0.15) is 17.3 Å². The lowest BCUT2D eigenvalue weighted by molar-refractivity contribution is -0.384. The molecule has 2 rings (SSSR count). The first-order valence-corrected chi connectivity index (χ1v) is 8.93. The number of thiocarbonyl (C=S) groups is 1. The van der Waals surface area contributed by atoms with Gasteiger partial charge in [-0.15, -0.1) is 0 Å². The highest BCUT2D eigenvalue weighted by Crippen LogP contribution is 2.29. The molecule has 0 bridgehead atoms. The molecule has 2 aromatic rings. The van der Waals surface area contributed by atoms with E-state index in [2.05, 4.69) is 26.6 Å². The van der Waals surface area contributed by atoms with Crippen LogP contribution in [0, 0.1) is 10.1 Å². The predicted octanol–water partition coefficient (Wildman–Crippen LogP) is 3.89. The van der Waals surface area contributed by atoms with Gasteiger partial charge in [0.1, 0.15) is 17.2 Å². The number of carbonyl (C=O) groups excluding carboxylic acids is 1. The Balaban J connectivity index is 2.18. The molecule has 0 radical (unpaired) electrons. The molecule has 2 N–H and O–H groups in total. The first kappa shape index (κ1) is 20.6. The van der Waals surface area contributed by atoms with Crippen molar-refractivity contribution in [1.29, 1.82) is 0 Å². The average Bonchev–Trinajstić information content (AvgIpc) is 2.63. The molecule has 0 saturated carbocycles. The van der Waals surface area contributed by atoms with Crippen molar-refractivity contribution in [3.05, 3.63) is 56.5 Å². The van der Waals surface area contributed by atoms with Gasteiger partial charge >= 0.3 is 0 Å². The summed E-state index contributed by atoms with van der Waals surface area (Å²) in [6.45, 7) is 2.20. The Bertz CT molecular complexity index is 891. The Kier molecular flexibility index (Phi) is 7.08.